The van der Waals surface area contributed by atoms with Crippen LogP contribution >= 0.6 is 7.37 Å². The van der Waals surface area contributed by atoms with Crippen LogP contribution in [0.4, 0.5) is 0 Å². The summed E-state index contributed by atoms with van der Waals surface area (Å²) in [6.45, 7) is 4.33. The van der Waals surface area contributed by atoms with Crippen molar-refractivity contribution in [3.8, 4) is 0 Å². The van der Waals surface area contributed by atoms with E-state index in [9.17, 15) is 24.1 Å². The van der Waals surface area contributed by atoms with Crippen LogP contribution in [-0.4, -0.2) is 58.7 Å². The van der Waals surface area contributed by atoms with E-state index in [1.807, 2.05) is 6.07 Å². The van der Waals surface area contributed by atoms with Gasteiger partial charge in [-0.05, 0) is 26.2 Å². The lowest BCUT2D eigenvalue weighted by Crippen LogP contribution is -2.42. The molecule has 0 aliphatic carbocycles. The number of likely N-dealkylation sites (tertiary alicyclic amines) is 1. The molecule has 1 aliphatic rings. The molecule has 7 nitrogen and oxygen atoms in total. The number of carbonyl (C=O) groups excluding carboxylic acids is 2. The van der Waals surface area contributed by atoms with Gasteiger partial charge in [-0.15, -0.1) is 0 Å². The number of carbonyl (C=O) groups is 3. The van der Waals surface area contributed by atoms with Crippen LogP contribution < -0.4 is 0 Å². The van der Waals surface area contributed by atoms with E-state index in [1.165, 1.54) is 4.90 Å². The van der Waals surface area contributed by atoms with E-state index in [-0.39, 0.29) is 25.0 Å². The first-order chi connectivity index (χ1) is 15.3. The van der Waals surface area contributed by atoms with Gasteiger partial charge in [-0.2, -0.15) is 0 Å². The summed E-state index contributed by atoms with van der Waals surface area (Å²) in [5, 5.41) is 9.42. The van der Waals surface area contributed by atoms with Crippen molar-refractivity contribution in [3.63, 3.8) is 0 Å². The van der Waals surface area contributed by atoms with E-state index in [0.29, 0.717) is 31.4 Å². The van der Waals surface area contributed by atoms with Gasteiger partial charge in [0.05, 0.1) is 6.61 Å². The Kier molecular flexibility index (Phi) is 10.6. The molecule has 1 amide bonds. The molecular formula is C24H36NO6P. The Hall–Kier alpha value is -1.98. The number of Topliss-reactive ketones (excluding diaryl/α,β-unsaturated/α-hetero) is 1. The minimum Gasteiger partial charge on any atom is -0.480 e. The number of carboxylic acid groups (broad SMARTS) is 1. The third kappa shape index (κ3) is 7.28. The lowest BCUT2D eigenvalue weighted by Gasteiger charge is -2.29. The second kappa shape index (κ2) is 12.9. The van der Waals surface area contributed by atoms with E-state index in [1.54, 1.807) is 31.2 Å². The first kappa shape index (κ1) is 26.3. The number of hydrogen-bond acceptors (Lipinski definition) is 5. The predicted molar refractivity (Wildman–Crippen MR) is 124 cm³/mol. The second-order valence-electron chi connectivity index (χ2n) is 8.38. The molecule has 1 heterocycles. The van der Waals surface area contributed by atoms with Gasteiger partial charge in [-0.25, -0.2) is 4.79 Å². The summed E-state index contributed by atoms with van der Waals surface area (Å²) in [4.78, 5) is 38.8. The van der Waals surface area contributed by atoms with Gasteiger partial charge in [0.15, 0.2) is 5.78 Å². The molecule has 3 atom stereocenters. The van der Waals surface area contributed by atoms with E-state index in [0.717, 1.165) is 25.7 Å². The number of carboxylic acids is 1. The van der Waals surface area contributed by atoms with Crippen molar-refractivity contribution in [1.82, 2.24) is 4.90 Å². The van der Waals surface area contributed by atoms with Crippen LogP contribution in [0.15, 0.2) is 30.3 Å². The lowest BCUT2D eigenvalue weighted by molar-refractivity contribution is -0.147. The molecule has 2 unspecified atom stereocenters. The minimum absolute atomic E-state index is 0.0447. The monoisotopic (exact) mass is 465 g/mol. The third-order valence-electron chi connectivity index (χ3n) is 6.03. The van der Waals surface area contributed by atoms with Crippen molar-refractivity contribution < 1.29 is 28.6 Å². The Balaban J connectivity index is 2.23. The zero-order valence-corrected chi connectivity index (χ0v) is 20.1. The molecule has 1 aromatic rings. The summed E-state index contributed by atoms with van der Waals surface area (Å²) >= 11 is 0. The third-order valence-corrected chi connectivity index (χ3v) is 8.99. The van der Waals surface area contributed by atoms with Crippen molar-refractivity contribution in [2.75, 3.05) is 19.3 Å². The molecule has 0 bridgehead atoms. The zero-order chi connectivity index (χ0) is 23.6. The fourth-order valence-corrected chi connectivity index (χ4v) is 6.88. The summed E-state index contributed by atoms with van der Waals surface area (Å²) in [5.74, 6) is -1.63. The molecule has 1 aromatic carbocycles. The molecule has 32 heavy (non-hydrogen) atoms. The largest absolute Gasteiger partial charge is 0.480 e. The van der Waals surface area contributed by atoms with Gasteiger partial charge in [0.1, 0.15) is 12.2 Å². The molecule has 178 valence electrons. The van der Waals surface area contributed by atoms with Gasteiger partial charge in [-0.1, -0.05) is 62.9 Å². The van der Waals surface area contributed by atoms with Gasteiger partial charge in [0.2, 0.25) is 13.3 Å². The first-order valence-electron chi connectivity index (χ1n) is 11.7. The van der Waals surface area contributed by atoms with Crippen LogP contribution in [0.1, 0.15) is 75.6 Å². The normalized spacial score (nSPS) is 18.8. The SMILES string of the molecule is CCCCCCC(CC(=O)c1ccccc1)P(=O)(CC(=O)N1CCC[C@H]1C(=O)O)OCC. The molecule has 2 rings (SSSR count). The zero-order valence-electron chi connectivity index (χ0n) is 19.2. The Bertz CT molecular complexity index is 812. The lowest BCUT2D eigenvalue weighted by atomic mass is 10.0. The standard InChI is InChI=1S/C24H36NO6P/c1-3-5-6-10-14-20(17-22(26)19-12-8-7-9-13-19)32(30,31-4-2)18-23(27)25-16-11-15-21(25)24(28)29/h7-9,12-13,20-21H,3-6,10-11,14-18H2,1-2H3,(H,28,29)/t20?,21-,32?/m0/s1. The van der Waals surface area contributed by atoms with Crippen molar-refractivity contribution >= 4 is 25.0 Å². The average Bonchev–Trinajstić information content (AvgIpc) is 3.27. The molecule has 0 radical (unpaired) electrons. The van der Waals surface area contributed by atoms with Crippen molar-refractivity contribution in [2.45, 2.75) is 76.9 Å². The van der Waals surface area contributed by atoms with E-state index >= 15 is 0 Å². The highest BCUT2D eigenvalue weighted by Crippen LogP contribution is 2.55. The van der Waals surface area contributed by atoms with Crippen molar-refractivity contribution in [2.24, 2.45) is 0 Å². The van der Waals surface area contributed by atoms with Gasteiger partial charge < -0.3 is 14.5 Å². The van der Waals surface area contributed by atoms with Crippen molar-refractivity contribution in [1.29, 1.82) is 0 Å². The average molecular weight is 466 g/mol. The van der Waals surface area contributed by atoms with E-state index in [2.05, 4.69) is 6.92 Å². The molecule has 8 heteroatoms. The predicted octanol–water partition coefficient (Wildman–Crippen LogP) is 4.99. The highest BCUT2D eigenvalue weighted by atomic mass is 31.2. The molecular weight excluding hydrogens is 429 g/mol. The van der Waals surface area contributed by atoms with Crippen LogP contribution in [-0.2, 0) is 18.7 Å². The fraction of sp³-hybridized carbons (Fsp3) is 0.625. The Morgan fingerprint density at radius 3 is 2.50 bits per heavy atom. The topological polar surface area (TPSA) is 101 Å². The number of hydrogen-bond donors (Lipinski definition) is 1. The number of amides is 1. The fourth-order valence-electron chi connectivity index (χ4n) is 4.30. The van der Waals surface area contributed by atoms with Gasteiger partial charge in [0.25, 0.3) is 0 Å². The summed E-state index contributed by atoms with van der Waals surface area (Å²) in [7, 11) is -3.52. The number of ketones is 1. The van der Waals surface area contributed by atoms with Gasteiger partial charge >= 0.3 is 5.97 Å². The first-order valence-corrected chi connectivity index (χ1v) is 13.5. The summed E-state index contributed by atoms with van der Waals surface area (Å²) in [6, 6.07) is 7.98. The Morgan fingerprint density at radius 1 is 1.16 bits per heavy atom. The van der Waals surface area contributed by atoms with Crippen LogP contribution in [0.2, 0.25) is 0 Å². The number of aliphatic carboxylic acids is 1. The van der Waals surface area contributed by atoms with Crippen LogP contribution in [0, 0.1) is 0 Å². The molecule has 1 fully saturated rings. The Morgan fingerprint density at radius 2 is 1.88 bits per heavy atom. The number of rotatable bonds is 14. The van der Waals surface area contributed by atoms with Crippen LogP contribution in [0.3, 0.4) is 0 Å². The maximum Gasteiger partial charge on any atom is 0.326 e. The molecule has 1 aliphatic heterocycles. The van der Waals surface area contributed by atoms with Gasteiger partial charge in [0, 0.05) is 24.2 Å². The van der Waals surface area contributed by atoms with Crippen LogP contribution in [0.25, 0.3) is 0 Å². The summed E-state index contributed by atoms with van der Waals surface area (Å²) < 4.78 is 19.7. The smallest absolute Gasteiger partial charge is 0.326 e. The Labute approximate surface area is 191 Å². The summed E-state index contributed by atoms with van der Waals surface area (Å²) in [5.41, 5.74) is -0.0206. The molecule has 0 aromatic heterocycles. The van der Waals surface area contributed by atoms with E-state index < -0.39 is 30.9 Å². The van der Waals surface area contributed by atoms with Crippen LogP contribution in [0.5, 0.6) is 0 Å². The second-order valence-corrected chi connectivity index (χ2v) is 11.1. The highest BCUT2D eigenvalue weighted by molar-refractivity contribution is 7.60. The molecule has 0 saturated carbocycles. The number of unbranched alkanes of at least 4 members (excludes halogenated alkanes) is 3. The maximum absolute atomic E-state index is 14.0. The minimum atomic E-state index is -3.52. The summed E-state index contributed by atoms with van der Waals surface area (Å²) in [6.07, 6.45) is 5.08. The van der Waals surface area contributed by atoms with Crippen molar-refractivity contribution in [3.05, 3.63) is 35.9 Å². The quantitative estimate of drug-likeness (QED) is 0.236. The molecule has 1 N–H and O–H groups in total. The number of benzene rings is 1. The molecule has 0 spiro atoms. The maximum atomic E-state index is 14.0. The molecule has 1 saturated heterocycles. The highest BCUT2D eigenvalue weighted by Gasteiger charge is 2.41. The van der Waals surface area contributed by atoms with Gasteiger partial charge in [-0.3, -0.25) is 14.2 Å². The van der Waals surface area contributed by atoms with E-state index in [4.69, 9.17) is 4.52 Å². The number of nitrogens with zero attached hydrogens (tertiary/aromatic N) is 1.